The predicted octanol–water partition coefficient (Wildman–Crippen LogP) is 5.75. The molecule has 0 saturated heterocycles. The van der Waals surface area contributed by atoms with Crippen LogP contribution in [0.5, 0.6) is 0 Å². The van der Waals surface area contributed by atoms with Crippen LogP contribution in [0.2, 0.25) is 5.02 Å². The van der Waals surface area contributed by atoms with Gasteiger partial charge in [-0.2, -0.15) is 4.31 Å². The van der Waals surface area contributed by atoms with Crippen LogP contribution in [0.4, 0.5) is 0 Å². The lowest BCUT2D eigenvalue weighted by atomic mass is 9.97. The SMILES string of the molecule is CS(=O)(=O)N(CC(=O)N(Cc1ccc(Cl)cc1)[C@H](Cc1ccccc1)C(=O)NCCC1=CCCCC1)Cc1ccccc1. The molecule has 1 aliphatic rings. The van der Waals surface area contributed by atoms with E-state index >= 15 is 0 Å². The Bertz CT molecular complexity index is 1480. The highest BCUT2D eigenvalue weighted by Gasteiger charge is 2.33. The molecule has 3 aromatic carbocycles. The zero-order valence-corrected chi connectivity index (χ0v) is 26.2. The van der Waals surface area contributed by atoms with Gasteiger partial charge in [-0.15, -0.1) is 0 Å². The molecule has 2 amide bonds. The summed E-state index contributed by atoms with van der Waals surface area (Å²) in [4.78, 5) is 29.5. The van der Waals surface area contributed by atoms with E-state index in [0.717, 1.165) is 46.5 Å². The summed E-state index contributed by atoms with van der Waals surface area (Å²) in [7, 11) is -3.74. The molecule has 0 bridgehead atoms. The number of rotatable bonds is 14. The molecule has 0 aliphatic heterocycles. The van der Waals surface area contributed by atoms with Crippen molar-refractivity contribution in [3.63, 3.8) is 0 Å². The third-order valence-corrected chi connectivity index (χ3v) is 9.10. The highest BCUT2D eigenvalue weighted by Crippen LogP contribution is 2.21. The molecule has 9 heteroatoms. The van der Waals surface area contributed by atoms with Gasteiger partial charge in [0.05, 0.1) is 12.8 Å². The normalized spacial score (nSPS) is 14.2. The Kier molecular flexibility index (Phi) is 12.0. The van der Waals surface area contributed by atoms with Gasteiger partial charge in [0, 0.05) is 31.1 Å². The molecule has 0 heterocycles. The molecule has 0 fully saturated rings. The summed E-state index contributed by atoms with van der Waals surface area (Å²) in [6.07, 6.45) is 8.91. The van der Waals surface area contributed by atoms with E-state index in [1.807, 2.05) is 72.8 Å². The first-order chi connectivity index (χ1) is 20.7. The van der Waals surface area contributed by atoms with Crippen molar-refractivity contribution in [2.75, 3.05) is 19.3 Å². The lowest BCUT2D eigenvalue weighted by Gasteiger charge is -2.33. The highest BCUT2D eigenvalue weighted by atomic mass is 35.5. The molecule has 43 heavy (non-hydrogen) atoms. The average Bonchev–Trinajstić information content (AvgIpc) is 3.00. The molecule has 1 atom stereocenters. The van der Waals surface area contributed by atoms with Gasteiger partial charge in [-0.3, -0.25) is 9.59 Å². The monoisotopic (exact) mass is 621 g/mol. The molecule has 0 aromatic heterocycles. The van der Waals surface area contributed by atoms with E-state index in [0.29, 0.717) is 11.6 Å². The first-order valence-electron chi connectivity index (χ1n) is 14.7. The van der Waals surface area contributed by atoms with Crippen LogP contribution in [0.3, 0.4) is 0 Å². The number of sulfonamides is 1. The van der Waals surface area contributed by atoms with Gasteiger partial charge in [-0.05, 0) is 60.9 Å². The number of hydrogen-bond donors (Lipinski definition) is 1. The lowest BCUT2D eigenvalue weighted by molar-refractivity contribution is -0.141. The van der Waals surface area contributed by atoms with E-state index in [9.17, 15) is 18.0 Å². The summed E-state index contributed by atoms with van der Waals surface area (Å²) in [6, 6.07) is 25.0. The van der Waals surface area contributed by atoms with Gasteiger partial charge in [0.1, 0.15) is 6.04 Å². The van der Waals surface area contributed by atoms with Gasteiger partial charge in [0.2, 0.25) is 21.8 Å². The Morgan fingerprint density at radius 3 is 2.09 bits per heavy atom. The standard InChI is InChI=1S/C34H40ClN3O4S/c1-43(41,42)37(24-29-15-9-4-10-16-29)26-33(39)38(25-30-17-19-31(35)20-18-30)32(23-28-13-7-3-8-14-28)34(40)36-22-21-27-11-5-2-6-12-27/h3-4,7-11,13-20,32H,2,5-6,12,21-26H2,1H3,(H,36,40)/t32-/m1/s1. The molecule has 228 valence electrons. The molecule has 0 saturated carbocycles. The van der Waals surface area contributed by atoms with E-state index in [1.54, 1.807) is 12.1 Å². The van der Waals surface area contributed by atoms with Crippen LogP contribution in [0.25, 0.3) is 0 Å². The number of halogens is 1. The summed E-state index contributed by atoms with van der Waals surface area (Å²) in [5, 5.41) is 3.64. The minimum absolute atomic E-state index is 0.0465. The van der Waals surface area contributed by atoms with Crippen molar-refractivity contribution >= 4 is 33.4 Å². The van der Waals surface area contributed by atoms with E-state index in [4.69, 9.17) is 11.6 Å². The Balaban J connectivity index is 1.63. The number of allylic oxidation sites excluding steroid dienone is 1. The number of carbonyl (C=O) groups excluding carboxylic acids is 2. The quantitative estimate of drug-likeness (QED) is 0.232. The van der Waals surface area contributed by atoms with Crippen LogP contribution < -0.4 is 5.32 Å². The lowest BCUT2D eigenvalue weighted by Crippen LogP contribution is -2.53. The third kappa shape index (κ3) is 10.3. The summed E-state index contributed by atoms with van der Waals surface area (Å²) >= 11 is 6.13. The van der Waals surface area contributed by atoms with Crippen LogP contribution in [0.1, 0.15) is 48.8 Å². The van der Waals surface area contributed by atoms with Crippen LogP contribution in [-0.2, 0) is 39.1 Å². The Hall–Kier alpha value is -3.46. The number of nitrogens with zero attached hydrogens (tertiary/aromatic N) is 2. The topological polar surface area (TPSA) is 86.8 Å². The maximum atomic E-state index is 14.1. The molecule has 1 N–H and O–H groups in total. The van der Waals surface area contributed by atoms with Crippen molar-refractivity contribution in [3.05, 3.63) is 118 Å². The van der Waals surface area contributed by atoms with E-state index < -0.39 is 28.5 Å². The van der Waals surface area contributed by atoms with Crippen molar-refractivity contribution in [2.45, 2.75) is 57.7 Å². The van der Waals surface area contributed by atoms with E-state index in [-0.39, 0.29) is 25.4 Å². The van der Waals surface area contributed by atoms with Crippen LogP contribution in [0.15, 0.2) is 96.6 Å². The first kappa shape index (κ1) is 32.5. The largest absolute Gasteiger partial charge is 0.354 e. The molecule has 0 radical (unpaired) electrons. The molecule has 3 aromatic rings. The molecular weight excluding hydrogens is 582 g/mol. The maximum absolute atomic E-state index is 14.1. The van der Waals surface area contributed by atoms with Gasteiger partial charge in [-0.25, -0.2) is 8.42 Å². The summed E-state index contributed by atoms with van der Waals surface area (Å²) in [5.41, 5.74) is 3.80. The van der Waals surface area contributed by atoms with Gasteiger partial charge < -0.3 is 10.2 Å². The van der Waals surface area contributed by atoms with Crippen molar-refractivity contribution in [2.24, 2.45) is 0 Å². The number of hydrogen-bond acceptors (Lipinski definition) is 4. The Labute approximate surface area is 260 Å². The minimum Gasteiger partial charge on any atom is -0.354 e. The summed E-state index contributed by atoms with van der Waals surface area (Å²) in [6.45, 7) is 0.245. The summed E-state index contributed by atoms with van der Waals surface area (Å²) in [5.74, 6) is -0.723. The van der Waals surface area contributed by atoms with Crippen molar-refractivity contribution < 1.29 is 18.0 Å². The van der Waals surface area contributed by atoms with Gasteiger partial charge >= 0.3 is 0 Å². The molecule has 0 unspecified atom stereocenters. The van der Waals surface area contributed by atoms with Gasteiger partial charge in [0.25, 0.3) is 0 Å². The molecule has 7 nitrogen and oxygen atoms in total. The van der Waals surface area contributed by atoms with E-state index in [1.165, 1.54) is 23.3 Å². The average molecular weight is 622 g/mol. The molecule has 4 rings (SSSR count). The predicted molar refractivity (Wildman–Crippen MR) is 172 cm³/mol. The molecule has 0 spiro atoms. The van der Waals surface area contributed by atoms with Crippen molar-refractivity contribution in [1.82, 2.24) is 14.5 Å². The second kappa shape index (κ2) is 15.8. The smallest absolute Gasteiger partial charge is 0.243 e. The van der Waals surface area contributed by atoms with Gasteiger partial charge in [-0.1, -0.05) is 96.0 Å². The highest BCUT2D eigenvalue weighted by molar-refractivity contribution is 7.88. The van der Waals surface area contributed by atoms with Gasteiger partial charge in [0.15, 0.2) is 0 Å². The summed E-state index contributed by atoms with van der Waals surface area (Å²) < 4.78 is 26.8. The maximum Gasteiger partial charge on any atom is 0.243 e. The second-order valence-corrected chi connectivity index (χ2v) is 13.4. The zero-order valence-electron chi connectivity index (χ0n) is 24.6. The number of carbonyl (C=O) groups is 2. The Morgan fingerprint density at radius 1 is 0.860 bits per heavy atom. The fourth-order valence-electron chi connectivity index (χ4n) is 5.26. The first-order valence-corrected chi connectivity index (χ1v) is 16.9. The second-order valence-electron chi connectivity index (χ2n) is 11.0. The fraction of sp³-hybridized carbons (Fsp3) is 0.353. The number of nitrogens with one attached hydrogen (secondary N) is 1. The van der Waals surface area contributed by atoms with E-state index in [2.05, 4.69) is 11.4 Å². The van der Waals surface area contributed by atoms with Crippen LogP contribution >= 0.6 is 11.6 Å². The molecular formula is C34H40ClN3O4S. The third-order valence-electron chi connectivity index (χ3n) is 7.65. The number of amides is 2. The van der Waals surface area contributed by atoms with Crippen molar-refractivity contribution in [1.29, 1.82) is 0 Å². The van der Waals surface area contributed by atoms with Crippen LogP contribution in [0, 0.1) is 0 Å². The number of benzene rings is 3. The minimum atomic E-state index is -3.74. The fourth-order valence-corrected chi connectivity index (χ4v) is 6.11. The zero-order chi connectivity index (χ0) is 30.7. The van der Waals surface area contributed by atoms with Crippen LogP contribution in [-0.4, -0.2) is 54.8 Å². The molecule has 1 aliphatic carbocycles. The van der Waals surface area contributed by atoms with Crippen molar-refractivity contribution in [3.8, 4) is 0 Å². The Morgan fingerprint density at radius 2 is 1.49 bits per heavy atom.